The van der Waals surface area contributed by atoms with E-state index in [9.17, 15) is 4.39 Å². The molecule has 0 amide bonds. The van der Waals surface area contributed by atoms with Crippen molar-refractivity contribution in [3.63, 3.8) is 0 Å². The van der Waals surface area contributed by atoms with Crippen LogP contribution in [-0.4, -0.2) is 0 Å². The third kappa shape index (κ3) is 2.55. The second-order valence-corrected chi connectivity index (χ2v) is 6.12. The molecular weight excluding hydrogens is 345 g/mol. The van der Waals surface area contributed by atoms with Crippen LogP contribution in [0, 0.1) is 5.82 Å². The summed E-state index contributed by atoms with van der Waals surface area (Å²) in [4.78, 5) is 0. The average molecular weight is 357 g/mol. The zero-order valence-electron chi connectivity index (χ0n) is 10.4. The number of rotatable bonds is 1. The molecule has 2 atom stereocenters. The summed E-state index contributed by atoms with van der Waals surface area (Å²) in [5.41, 5.74) is 7.72. The maximum atomic E-state index is 13.3. The average Bonchev–Trinajstić information content (AvgIpc) is 2.39. The van der Waals surface area contributed by atoms with E-state index < -0.39 is 0 Å². The van der Waals surface area contributed by atoms with Gasteiger partial charge in [0.25, 0.3) is 0 Å². The largest absolute Gasteiger partial charge is 0.485 e. The van der Waals surface area contributed by atoms with Crippen LogP contribution < -0.4 is 10.5 Å². The van der Waals surface area contributed by atoms with Gasteiger partial charge in [0.2, 0.25) is 0 Å². The van der Waals surface area contributed by atoms with E-state index in [2.05, 4.69) is 15.9 Å². The van der Waals surface area contributed by atoms with Crippen molar-refractivity contribution in [2.24, 2.45) is 5.73 Å². The first-order valence-electron chi connectivity index (χ1n) is 6.21. The lowest BCUT2D eigenvalue weighted by atomic mass is 9.93. The molecule has 0 saturated heterocycles. The Bertz CT molecular complexity index is 664. The summed E-state index contributed by atoms with van der Waals surface area (Å²) in [5.74, 6) is 0.317. The van der Waals surface area contributed by atoms with Crippen molar-refractivity contribution in [1.29, 1.82) is 0 Å². The molecule has 1 aliphatic rings. The molecular formula is C15H12BrClFNO. The first-order valence-corrected chi connectivity index (χ1v) is 7.38. The number of fused-ring (bicyclic) bond motifs is 1. The first kappa shape index (κ1) is 13.9. The lowest BCUT2D eigenvalue weighted by molar-refractivity contribution is 0.161. The van der Waals surface area contributed by atoms with Crippen LogP contribution in [0.4, 0.5) is 4.39 Å². The number of ether oxygens (including phenoxy) is 1. The van der Waals surface area contributed by atoms with Gasteiger partial charge < -0.3 is 10.5 Å². The van der Waals surface area contributed by atoms with Gasteiger partial charge in [-0.3, -0.25) is 0 Å². The topological polar surface area (TPSA) is 35.2 Å². The molecule has 0 radical (unpaired) electrons. The van der Waals surface area contributed by atoms with E-state index in [-0.39, 0.29) is 18.0 Å². The fourth-order valence-corrected chi connectivity index (χ4v) is 3.22. The van der Waals surface area contributed by atoms with Crippen LogP contribution in [0.15, 0.2) is 40.9 Å². The summed E-state index contributed by atoms with van der Waals surface area (Å²) in [6, 6.07) is 9.81. The number of hydrogen-bond donors (Lipinski definition) is 1. The number of hydrogen-bond acceptors (Lipinski definition) is 2. The summed E-state index contributed by atoms with van der Waals surface area (Å²) in [5, 5.41) is 0.627. The SMILES string of the molecule is NC1CC(c2ccc(Br)cc2Cl)Oc2ccc(F)cc21. The lowest BCUT2D eigenvalue weighted by Crippen LogP contribution is -2.24. The van der Waals surface area contributed by atoms with Gasteiger partial charge in [-0.1, -0.05) is 33.6 Å². The molecule has 0 fully saturated rings. The van der Waals surface area contributed by atoms with Crippen LogP contribution in [-0.2, 0) is 0 Å². The van der Waals surface area contributed by atoms with Crippen molar-refractivity contribution in [2.75, 3.05) is 0 Å². The van der Waals surface area contributed by atoms with Gasteiger partial charge in [-0.2, -0.15) is 0 Å². The summed E-state index contributed by atoms with van der Waals surface area (Å²) < 4.78 is 20.1. The minimum atomic E-state index is -0.303. The summed E-state index contributed by atoms with van der Waals surface area (Å²) in [7, 11) is 0. The van der Waals surface area contributed by atoms with Gasteiger partial charge in [-0.05, 0) is 30.3 Å². The molecule has 2 nitrogen and oxygen atoms in total. The smallest absolute Gasteiger partial charge is 0.127 e. The van der Waals surface area contributed by atoms with Crippen molar-refractivity contribution in [3.05, 3.63) is 62.8 Å². The minimum Gasteiger partial charge on any atom is -0.485 e. The number of benzene rings is 2. The Balaban J connectivity index is 1.97. The second kappa shape index (κ2) is 5.35. The summed E-state index contributed by atoms with van der Waals surface area (Å²) in [6.45, 7) is 0. The number of nitrogens with two attached hydrogens (primary N) is 1. The van der Waals surface area contributed by atoms with Crippen LogP contribution in [0.1, 0.15) is 29.7 Å². The van der Waals surface area contributed by atoms with Crippen LogP contribution in [0.3, 0.4) is 0 Å². The Morgan fingerprint density at radius 2 is 2.00 bits per heavy atom. The molecule has 2 N–H and O–H groups in total. The van der Waals surface area contributed by atoms with Crippen LogP contribution in [0.2, 0.25) is 5.02 Å². The van der Waals surface area contributed by atoms with Crippen molar-refractivity contribution >= 4 is 27.5 Å². The molecule has 20 heavy (non-hydrogen) atoms. The monoisotopic (exact) mass is 355 g/mol. The maximum Gasteiger partial charge on any atom is 0.127 e. The van der Waals surface area contributed by atoms with Crippen molar-refractivity contribution in [3.8, 4) is 5.75 Å². The maximum absolute atomic E-state index is 13.3. The fraction of sp³-hybridized carbons (Fsp3) is 0.200. The first-order chi connectivity index (χ1) is 9.54. The van der Waals surface area contributed by atoms with Crippen LogP contribution in [0.5, 0.6) is 5.75 Å². The Morgan fingerprint density at radius 1 is 1.20 bits per heavy atom. The van der Waals surface area contributed by atoms with Gasteiger partial charge in [-0.15, -0.1) is 0 Å². The normalized spacial score (nSPS) is 21.2. The molecule has 0 aliphatic carbocycles. The van der Waals surface area contributed by atoms with Crippen molar-refractivity contribution < 1.29 is 9.13 Å². The molecule has 2 unspecified atom stereocenters. The van der Waals surface area contributed by atoms with Gasteiger partial charge in [0, 0.05) is 33.1 Å². The molecule has 2 aromatic carbocycles. The van der Waals surface area contributed by atoms with E-state index in [1.165, 1.54) is 12.1 Å². The number of halogens is 3. The standard InChI is InChI=1S/C15H12BrClFNO/c16-8-1-3-10(12(17)5-8)15-7-13(19)11-6-9(18)2-4-14(11)20-15/h1-6,13,15H,7,19H2. The lowest BCUT2D eigenvalue weighted by Gasteiger charge is -2.31. The Labute approximate surface area is 129 Å². The van der Waals surface area contributed by atoms with E-state index in [0.29, 0.717) is 22.8 Å². The Morgan fingerprint density at radius 3 is 2.75 bits per heavy atom. The molecule has 5 heteroatoms. The van der Waals surface area contributed by atoms with Crippen molar-refractivity contribution in [1.82, 2.24) is 0 Å². The minimum absolute atomic E-state index is 0.219. The van der Waals surface area contributed by atoms with Crippen LogP contribution >= 0.6 is 27.5 Å². The van der Waals surface area contributed by atoms with Crippen molar-refractivity contribution in [2.45, 2.75) is 18.6 Å². The molecule has 104 valence electrons. The zero-order chi connectivity index (χ0) is 14.3. The van der Waals surface area contributed by atoms with E-state index in [4.69, 9.17) is 22.1 Å². The molecule has 2 aromatic rings. The molecule has 3 rings (SSSR count). The molecule has 0 spiro atoms. The summed E-state index contributed by atoms with van der Waals surface area (Å²) >= 11 is 9.63. The van der Waals surface area contributed by atoms with Crippen LogP contribution in [0.25, 0.3) is 0 Å². The fourth-order valence-electron chi connectivity index (χ4n) is 2.43. The zero-order valence-corrected chi connectivity index (χ0v) is 12.8. The molecule has 0 bridgehead atoms. The third-order valence-corrected chi connectivity index (χ3v) is 4.24. The van der Waals surface area contributed by atoms with E-state index in [1.54, 1.807) is 6.07 Å². The third-order valence-electron chi connectivity index (χ3n) is 3.42. The van der Waals surface area contributed by atoms with Gasteiger partial charge in [0.05, 0.1) is 0 Å². The molecule has 1 aliphatic heterocycles. The van der Waals surface area contributed by atoms with E-state index >= 15 is 0 Å². The predicted octanol–water partition coefficient (Wildman–Crippen LogP) is 4.77. The Hall–Kier alpha value is -1.10. The highest BCUT2D eigenvalue weighted by molar-refractivity contribution is 9.10. The molecule has 0 aromatic heterocycles. The predicted molar refractivity (Wildman–Crippen MR) is 80.5 cm³/mol. The molecule has 1 heterocycles. The van der Waals surface area contributed by atoms with Gasteiger partial charge in [0.15, 0.2) is 0 Å². The highest BCUT2D eigenvalue weighted by Crippen LogP contribution is 2.41. The second-order valence-electron chi connectivity index (χ2n) is 4.80. The summed E-state index contributed by atoms with van der Waals surface area (Å²) in [6.07, 6.45) is 0.348. The van der Waals surface area contributed by atoms with Gasteiger partial charge in [0.1, 0.15) is 17.7 Å². The molecule has 0 saturated carbocycles. The highest BCUT2D eigenvalue weighted by Gasteiger charge is 2.28. The van der Waals surface area contributed by atoms with E-state index in [1.807, 2.05) is 18.2 Å². The quantitative estimate of drug-likeness (QED) is 0.799. The van der Waals surface area contributed by atoms with Gasteiger partial charge >= 0.3 is 0 Å². The van der Waals surface area contributed by atoms with E-state index in [0.717, 1.165) is 10.0 Å². The highest BCUT2D eigenvalue weighted by atomic mass is 79.9. The van der Waals surface area contributed by atoms with Gasteiger partial charge in [-0.25, -0.2) is 4.39 Å². The Kier molecular flexibility index (Phi) is 3.71.